The van der Waals surface area contributed by atoms with Crippen molar-refractivity contribution >= 4 is 38.9 Å². The fraction of sp³-hybridized carbons (Fsp3) is 0.500. The third kappa shape index (κ3) is 3.04. The zero-order chi connectivity index (χ0) is 15.1. The summed E-state index contributed by atoms with van der Waals surface area (Å²) >= 11 is 11.8. The summed E-state index contributed by atoms with van der Waals surface area (Å²) in [5.74, 6) is 0. The molecule has 2 N–H and O–H groups in total. The van der Waals surface area contributed by atoms with E-state index < -0.39 is 15.6 Å². The molecule has 0 atom stereocenters. The summed E-state index contributed by atoms with van der Waals surface area (Å²) in [6.07, 6.45) is 0. The lowest BCUT2D eigenvalue weighted by Gasteiger charge is -2.37. The van der Waals surface area contributed by atoms with E-state index in [4.69, 9.17) is 33.7 Å². The number of sulfonamides is 1. The fourth-order valence-corrected chi connectivity index (χ4v) is 4.68. The number of nitrogens with zero attached hydrogens (tertiary/aromatic N) is 1. The average Bonchev–Trinajstić information content (AvgIpc) is 2.25. The van der Waals surface area contributed by atoms with E-state index >= 15 is 0 Å². The smallest absolute Gasteiger partial charge is 0.246 e. The van der Waals surface area contributed by atoms with Crippen molar-refractivity contribution in [3.05, 3.63) is 22.2 Å². The maximum absolute atomic E-state index is 12.7. The van der Waals surface area contributed by atoms with Gasteiger partial charge in [-0.1, -0.05) is 23.2 Å². The van der Waals surface area contributed by atoms with Gasteiger partial charge in [0.25, 0.3) is 0 Å². The highest BCUT2D eigenvalue weighted by Gasteiger charge is 2.36. The largest absolute Gasteiger partial charge is 0.398 e. The van der Waals surface area contributed by atoms with Crippen LogP contribution in [0.5, 0.6) is 0 Å². The van der Waals surface area contributed by atoms with Crippen LogP contribution in [-0.4, -0.2) is 38.0 Å². The van der Waals surface area contributed by atoms with Crippen molar-refractivity contribution in [2.75, 3.05) is 25.4 Å². The Morgan fingerprint density at radius 3 is 2.55 bits per heavy atom. The molecule has 1 aromatic rings. The highest BCUT2D eigenvalue weighted by atomic mass is 35.5. The molecular weight excluding hydrogens is 323 g/mol. The molecule has 0 bridgehead atoms. The maximum atomic E-state index is 12.7. The van der Waals surface area contributed by atoms with Gasteiger partial charge >= 0.3 is 0 Å². The van der Waals surface area contributed by atoms with Crippen LogP contribution in [0.1, 0.15) is 13.8 Å². The van der Waals surface area contributed by atoms with Gasteiger partial charge in [0.1, 0.15) is 4.90 Å². The van der Waals surface area contributed by atoms with Gasteiger partial charge in [-0.3, -0.25) is 0 Å². The molecule has 1 aliphatic rings. The molecule has 0 spiro atoms. The standard InChI is InChI=1S/C12H16Cl2N2O3S/c1-12(2)7-16(3-4-19-12)20(17,18)11-9(14)5-8(13)6-10(11)15/h5-6H,3-4,7,15H2,1-2H3. The van der Waals surface area contributed by atoms with E-state index in [9.17, 15) is 8.42 Å². The minimum Gasteiger partial charge on any atom is -0.398 e. The molecule has 0 aliphatic carbocycles. The lowest BCUT2D eigenvalue weighted by atomic mass is 10.1. The summed E-state index contributed by atoms with van der Waals surface area (Å²) in [7, 11) is -3.77. The van der Waals surface area contributed by atoms with Gasteiger partial charge in [0.05, 0.1) is 22.9 Å². The Hall–Kier alpha value is -0.530. The molecule has 0 amide bonds. The van der Waals surface area contributed by atoms with Crippen molar-refractivity contribution in [3.8, 4) is 0 Å². The number of hydrogen-bond acceptors (Lipinski definition) is 4. The summed E-state index contributed by atoms with van der Waals surface area (Å²) in [5.41, 5.74) is 5.28. The van der Waals surface area contributed by atoms with Crippen LogP contribution in [0.25, 0.3) is 0 Å². The van der Waals surface area contributed by atoms with E-state index in [1.54, 1.807) is 0 Å². The first-order chi connectivity index (χ1) is 9.13. The third-order valence-corrected chi connectivity index (χ3v) is 5.62. The van der Waals surface area contributed by atoms with Crippen molar-refractivity contribution in [2.45, 2.75) is 24.3 Å². The van der Waals surface area contributed by atoms with Crippen LogP contribution in [0.2, 0.25) is 10.0 Å². The minimum absolute atomic E-state index is 0.0271. The van der Waals surface area contributed by atoms with E-state index in [0.29, 0.717) is 11.6 Å². The van der Waals surface area contributed by atoms with Gasteiger partial charge in [0.15, 0.2) is 0 Å². The zero-order valence-corrected chi connectivity index (χ0v) is 13.5. The van der Waals surface area contributed by atoms with Gasteiger partial charge in [-0.2, -0.15) is 4.31 Å². The van der Waals surface area contributed by atoms with Gasteiger partial charge in [0.2, 0.25) is 10.0 Å². The molecule has 112 valence electrons. The number of anilines is 1. The minimum atomic E-state index is -3.77. The van der Waals surface area contributed by atoms with Gasteiger partial charge < -0.3 is 10.5 Å². The van der Waals surface area contributed by atoms with E-state index in [2.05, 4.69) is 0 Å². The molecule has 0 aromatic heterocycles. The first-order valence-electron chi connectivity index (χ1n) is 6.02. The molecule has 5 nitrogen and oxygen atoms in total. The number of morpholine rings is 1. The third-order valence-electron chi connectivity index (χ3n) is 3.03. The second kappa shape index (κ2) is 5.35. The molecule has 1 aliphatic heterocycles. The summed E-state index contributed by atoms with van der Waals surface area (Å²) < 4.78 is 32.2. The number of rotatable bonds is 2. The van der Waals surface area contributed by atoms with Gasteiger partial charge in [-0.05, 0) is 26.0 Å². The van der Waals surface area contributed by atoms with Crippen LogP contribution in [0.4, 0.5) is 5.69 Å². The van der Waals surface area contributed by atoms with E-state index in [1.807, 2.05) is 13.8 Å². The Morgan fingerprint density at radius 1 is 1.35 bits per heavy atom. The van der Waals surface area contributed by atoms with Crippen molar-refractivity contribution in [3.63, 3.8) is 0 Å². The molecule has 1 heterocycles. The molecular formula is C12H16Cl2N2O3S. The highest BCUT2D eigenvalue weighted by Crippen LogP contribution is 2.34. The second-order valence-electron chi connectivity index (χ2n) is 5.25. The number of nitrogens with two attached hydrogens (primary N) is 1. The molecule has 1 fully saturated rings. The maximum Gasteiger partial charge on any atom is 0.246 e. The predicted octanol–water partition coefficient (Wildman–Crippen LogP) is 2.38. The normalized spacial score (nSPS) is 20.0. The van der Waals surface area contributed by atoms with Crippen molar-refractivity contribution in [1.82, 2.24) is 4.31 Å². The fourth-order valence-electron chi connectivity index (χ4n) is 2.16. The molecule has 8 heteroatoms. The molecule has 2 rings (SSSR count). The Morgan fingerprint density at radius 2 is 2.00 bits per heavy atom. The highest BCUT2D eigenvalue weighted by molar-refractivity contribution is 7.89. The van der Waals surface area contributed by atoms with Crippen LogP contribution in [0.15, 0.2) is 17.0 Å². The Balaban J connectivity index is 2.46. The number of benzene rings is 1. The van der Waals surface area contributed by atoms with E-state index in [0.717, 1.165) is 0 Å². The van der Waals surface area contributed by atoms with Crippen molar-refractivity contribution in [2.24, 2.45) is 0 Å². The summed E-state index contributed by atoms with van der Waals surface area (Å²) in [6, 6.07) is 2.75. The molecule has 0 unspecified atom stereocenters. The summed E-state index contributed by atoms with van der Waals surface area (Å²) in [6.45, 7) is 4.51. The topological polar surface area (TPSA) is 72.6 Å². The monoisotopic (exact) mass is 338 g/mol. The van der Waals surface area contributed by atoms with Crippen LogP contribution in [0.3, 0.4) is 0 Å². The quantitative estimate of drug-likeness (QED) is 0.840. The van der Waals surface area contributed by atoms with E-state index in [1.165, 1.54) is 16.4 Å². The first kappa shape index (κ1) is 15.9. The predicted molar refractivity (Wildman–Crippen MR) is 79.7 cm³/mol. The number of halogens is 2. The van der Waals surface area contributed by atoms with Crippen LogP contribution >= 0.6 is 23.2 Å². The lowest BCUT2D eigenvalue weighted by Crippen LogP contribution is -2.50. The Labute approximate surface area is 128 Å². The molecule has 0 radical (unpaired) electrons. The van der Waals surface area contributed by atoms with Gasteiger partial charge in [0, 0.05) is 18.1 Å². The SMILES string of the molecule is CC1(C)CN(S(=O)(=O)c2c(N)cc(Cl)cc2Cl)CCO1. The van der Waals surface area contributed by atoms with E-state index in [-0.39, 0.29) is 28.7 Å². The van der Waals surface area contributed by atoms with Crippen molar-refractivity contribution in [1.29, 1.82) is 0 Å². The van der Waals surface area contributed by atoms with Crippen molar-refractivity contribution < 1.29 is 13.2 Å². The van der Waals surface area contributed by atoms with Crippen LogP contribution in [-0.2, 0) is 14.8 Å². The second-order valence-corrected chi connectivity index (χ2v) is 7.97. The summed E-state index contributed by atoms with van der Waals surface area (Å²) in [5, 5.41) is 0.327. The average molecular weight is 339 g/mol. The molecule has 20 heavy (non-hydrogen) atoms. The lowest BCUT2D eigenvalue weighted by molar-refractivity contribution is -0.0640. The molecule has 1 aromatic carbocycles. The van der Waals surface area contributed by atoms with Crippen LogP contribution in [0, 0.1) is 0 Å². The molecule has 0 saturated carbocycles. The summed E-state index contributed by atoms with van der Waals surface area (Å²) in [4.78, 5) is -0.0960. The number of hydrogen-bond donors (Lipinski definition) is 1. The number of ether oxygens (including phenoxy) is 1. The molecule has 1 saturated heterocycles. The Bertz CT molecular complexity index is 609. The van der Waals surface area contributed by atoms with Crippen LogP contribution < -0.4 is 5.73 Å². The Kier molecular flexibility index (Phi) is 4.24. The number of nitrogen functional groups attached to an aromatic ring is 1. The first-order valence-corrected chi connectivity index (χ1v) is 8.22. The van der Waals surface area contributed by atoms with Gasteiger partial charge in [-0.25, -0.2) is 8.42 Å². The van der Waals surface area contributed by atoms with Gasteiger partial charge in [-0.15, -0.1) is 0 Å². The zero-order valence-electron chi connectivity index (χ0n) is 11.2.